The largest absolute Gasteiger partial charge is 0.381 e. The summed E-state index contributed by atoms with van der Waals surface area (Å²) in [5.74, 6) is 1.44. The van der Waals surface area contributed by atoms with E-state index in [1.54, 1.807) is 0 Å². The first-order chi connectivity index (χ1) is 10.2. The molecule has 1 aromatic rings. The van der Waals surface area contributed by atoms with Gasteiger partial charge < -0.3 is 14.6 Å². The van der Waals surface area contributed by atoms with Crippen LogP contribution in [0.1, 0.15) is 36.8 Å². The number of aryl methyl sites for hydroxylation is 1. The third-order valence-electron chi connectivity index (χ3n) is 4.30. The van der Waals surface area contributed by atoms with Crippen LogP contribution >= 0.6 is 0 Å². The van der Waals surface area contributed by atoms with Crippen molar-refractivity contribution in [2.75, 3.05) is 32.8 Å². The number of likely N-dealkylation sites (tertiary alicyclic amines) is 1. The lowest BCUT2D eigenvalue weighted by Gasteiger charge is -2.22. The lowest BCUT2D eigenvalue weighted by atomic mass is 10.1. The first kappa shape index (κ1) is 14.5. The smallest absolute Gasteiger partial charge is 0.234 e. The zero-order valence-electron chi connectivity index (χ0n) is 12.5. The van der Waals surface area contributed by atoms with E-state index in [0.717, 1.165) is 57.0 Å². The van der Waals surface area contributed by atoms with Crippen molar-refractivity contribution < 1.29 is 14.1 Å². The van der Waals surface area contributed by atoms with Crippen molar-refractivity contribution in [3.05, 3.63) is 17.5 Å². The Bertz CT molecular complexity index is 482. The Hall–Kier alpha value is -1.40. The fourth-order valence-corrected chi connectivity index (χ4v) is 3.12. The van der Waals surface area contributed by atoms with Gasteiger partial charge in [0.2, 0.25) is 5.91 Å². The molecular weight excluding hydrogens is 270 g/mol. The van der Waals surface area contributed by atoms with Crippen molar-refractivity contribution in [2.45, 2.75) is 32.2 Å². The summed E-state index contributed by atoms with van der Waals surface area (Å²) in [5, 5.41) is 6.97. The van der Waals surface area contributed by atoms with E-state index in [0.29, 0.717) is 12.5 Å². The third kappa shape index (κ3) is 3.63. The highest BCUT2D eigenvalue weighted by molar-refractivity contribution is 5.78. The minimum absolute atomic E-state index is 0.0880. The summed E-state index contributed by atoms with van der Waals surface area (Å²) in [6.45, 7) is 5.59. The fraction of sp³-hybridized carbons (Fsp3) is 0.733. The first-order valence-corrected chi connectivity index (χ1v) is 7.74. The molecular formula is C15H23N3O3. The van der Waals surface area contributed by atoms with Crippen LogP contribution in [0.3, 0.4) is 0 Å². The molecule has 0 spiro atoms. The molecule has 0 aromatic carbocycles. The second-order valence-corrected chi connectivity index (χ2v) is 6.03. The van der Waals surface area contributed by atoms with Gasteiger partial charge in [-0.15, -0.1) is 0 Å². The Morgan fingerprint density at radius 3 is 3.14 bits per heavy atom. The zero-order valence-corrected chi connectivity index (χ0v) is 12.5. The average Bonchev–Trinajstić information content (AvgIpc) is 3.17. The van der Waals surface area contributed by atoms with Crippen LogP contribution < -0.4 is 5.32 Å². The van der Waals surface area contributed by atoms with Gasteiger partial charge in [0.05, 0.1) is 24.9 Å². The maximum absolute atomic E-state index is 12.1. The molecule has 1 N–H and O–H groups in total. The Morgan fingerprint density at radius 2 is 2.43 bits per heavy atom. The number of aromatic nitrogens is 1. The highest BCUT2D eigenvalue weighted by atomic mass is 16.5. The van der Waals surface area contributed by atoms with Crippen molar-refractivity contribution in [1.29, 1.82) is 0 Å². The molecule has 2 fully saturated rings. The summed E-state index contributed by atoms with van der Waals surface area (Å²) in [5.41, 5.74) is 0.891. The molecule has 0 saturated carbocycles. The van der Waals surface area contributed by atoms with Gasteiger partial charge in [0.15, 0.2) is 5.76 Å². The summed E-state index contributed by atoms with van der Waals surface area (Å²) < 4.78 is 10.7. The van der Waals surface area contributed by atoms with Crippen molar-refractivity contribution in [3.8, 4) is 0 Å². The normalized spacial score (nSPS) is 26.3. The summed E-state index contributed by atoms with van der Waals surface area (Å²) in [4.78, 5) is 14.3. The number of amides is 1. The average molecular weight is 293 g/mol. The van der Waals surface area contributed by atoms with Gasteiger partial charge in [0.25, 0.3) is 0 Å². The predicted octanol–water partition coefficient (Wildman–Crippen LogP) is 1.27. The van der Waals surface area contributed by atoms with Gasteiger partial charge >= 0.3 is 0 Å². The van der Waals surface area contributed by atoms with Gasteiger partial charge in [-0.25, -0.2) is 0 Å². The minimum Gasteiger partial charge on any atom is -0.381 e. The molecule has 6 heteroatoms. The molecule has 3 rings (SSSR count). The highest BCUT2D eigenvalue weighted by Crippen LogP contribution is 2.31. The molecule has 21 heavy (non-hydrogen) atoms. The molecule has 0 radical (unpaired) electrons. The van der Waals surface area contributed by atoms with Gasteiger partial charge in [-0.3, -0.25) is 9.69 Å². The quantitative estimate of drug-likeness (QED) is 0.885. The van der Waals surface area contributed by atoms with Gasteiger partial charge in [-0.1, -0.05) is 5.16 Å². The maximum atomic E-state index is 12.1. The molecule has 2 aliphatic heterocycles. The number of hydrogen-bond acceptors (Lipinski definition) is 5. The molecule has 0 unspecified atom stereocenters. The van der Waals surface area contributed by atoms with Gasteiger partial charge in [-0.2, -0.15) is 0 Å². The molecule has 3 heterocycles. The van der Waals surface area contributed by atoms with Crippen molar-refractivity contribution in [3.63, 3.8) is 0 Å². The van der Waals surface area contributed by atoms with Crippen LogP contribution in [0.2, 0.25) is 0 Å². The van der Waals surface area contributed by atoms with Crippen LogP contribution in [0.4, 0.5) is 0 Å². The van der Waals surface area contributed by atoms with E-state index >= 15 is 0 Å². The number of ether oxygens (including phenoxy) is 1. The van der Waals surface area contributed by atoms with Gasteiger partial charge in [0.1, 0.15) is 0 Å². The lowest BCUT2D eigenvalue weighted by Crippen LogP contribution is -2.39. The monoisotopic (exact) mass is 293 g/mol. The summed E-state index contributed by atoms with van der Waals surface area (Å²) in [7, 11) is 0. The van der Waals surface area contributed by atoms with E-state index in [2.05, 4.69) is 15.4 Å². The summed E-state index contributed by atoms with van der Waals surface area (Å²) in [6, 6.07) is 2.16. The van der Waals surface area contributed by atoms with E-state index < -0.39 is 0 Å². The van der Waals surface area contributed by atoms with E-state index in [9.17, 15) is 4.79 Å². The van der Waals surface area contributed by atoms with E-state index in [1.807, 2.05) is 13.0 Å². The lowest BCUT2D eigenvalue weighted by molar-refractivity contribution is -0.122. The molecule has 2 aliphatic rings. The zero-order chi connectivity index (χ0) is 14.7. The maximum Gasteiger partial charge on any atom is 0.234 e. The second-order valence-electron chi connectivity index (χ2n) is 6.03. The number of hydrogen-bond donors (Lipinski definition) is 1. The van der Waals surface area contributed by atoms with Gasteiger partial charge in [0, 0.05) is 25.1 Å². The van der Waals surface area contributed by atoms with Crippen LogP contribution in [-0.2, 0) is 9.53 Å². The molecule has 2 saturated heterocycles. The third-order valence-corrected chi connectivity index (χ3v) is 4.30. The second kappa shape index (κ2) is 6.58. The van der Waals surface area contributed by atoms with E-state index in [1.165, 1.54) is 0 Å². The Kier molecular flexibility index (Phi) is 4.55. The van der Waals surface area contributed by atoms with E-state index in [-0.39, 0.29) is 11.9 Å². The topological polar surface area (TPSA) is 67.6 Å². The Morgan fingerprint density at radius 1 is 1.52 bits per heavy atom. The molecule has 2 atom stereocenters. The summed E-state index contributed by atoms with van der Waals surface area (Å²) >= 11 is 0. The van der Waals surface area contributed by atoms with Crippen LogP contribution in [0, 0.1) is 12.8 Å². The SMILES string of the molecule is Cc1cc([C@@H]2CCCN2CC(=O)NC[C@@H]2CCOC2)on1. The highest BCUT2D eigenvalue weighted by Gasteiger charge is 2.30. The Labute approximate surface area is 124 Å². The predicted molar refractivity (Wildman–Crippen MR) is 76.7 cm³/mol. The molecule has 116 valence electrons. The van der Waals surface area contributed by atoms with Crippen LogP contribution in [0.5, 0.6) is 0 Å². The molecule has 0 bridgehead atoms. The van der Waals surface area contributed by atoms with Crippen molar-refractivity contribution in [2.24, 2.45) is 5.92 Å². The minimum atomic E-state index is 0.0880. The van der Waals surface area contributed by atoms with Crippen molar-refractivity contribution in [1.82, 2.24) is 15.4 Å². The van der Waals surface area contributed by atoms with E-state index in [4.69, 9.17) is 9.26 Å². The fourth-order valence-electron chi connectivity index (χ4n) is 3.12. The van der Waals surface area contributed by atoms with Crippen molar-refractivity contribution >= 4 is 5.91 Å². The number of nitrogens with zero attached hydrogens (tertiary/aromatic N) is 2. The molecule has 0 aliphatic carbocycles. The molecule has 1 amide bonds. The standard InChI is InChI=1S/C15H23N3O3/c1-11-7-14(21-17-11)13-3-2-5-18(13)9-15(19)16-8-12-4-6-20-10-12/h7,12-13H,2-6,8-10H2,1H3,(H,16,19)/t12-,13-/m0/s1. The van der Waals surface area contributed by atoms with Crippen LogP contribution in [0.15, 0.2) is 10.6 Å². The number of rotatable bonds is 5. The molecule has 1 aromatic heterocycles. The molecule has 6 nitrogen and oxygen atoms in total. The number of nitrogens with one attached hydrogen (secondary N) is 1. The Balaban J connectivity index is 1.49. The summed E-state index contributed by atoms with van der Waals surface area (Å²) in [6.07, 6.45) is 3.16. The van der Waals surface area contributed by atoms with Crippen LogP contribution in [0.25, 0.3) is 0 Å². The first-order valence-electron chi connectivity index (χ1n) is 7.74. The number of carbonyl (C=O) groups is 1. The van der Waals surface area contributed by atoms with Crippen LogP contribution in [-0.4, -0.2) is 48.8 Å². The van der Waals surface area contributed by atoms with Gasteiger partial charge in [-0.05, 0) is 32.7 Å². The number of carbonyl (C=O) groups excluding carboxylic acids is 1.